The highest BCUT2D eigenvalue weighted by molar-refractivity contribution is 5.84. The number of ketones is 1. The van der Waals surface area contributed by atoms with Crippen LogP contribution in [0.5, 0.6) is 0 Å². The van der Waals surface area contributed by atoms with E-state index >= 15 is 0 Å². The number of aliphatic hydroxyl groups is 1. The molecule has 0 aromatic rings. The Morgan fingerprint density at radius 2 is 2.03 bits per heavy atom. The zero-order chi connectivity index (χ0) is 22.2. The summed E-state index contributed by atoms with van der Waals surface area (Å²) in [6.07, 6.45) is 16.1. The summed E-state index contributed by atoms with van der Waals surface area (Å²) in [6.45, 7) is 11.3. The summed E-state index contributed by atoms with van der Waals surface area (Å²) in [5.41, 5.74) is 5.27. The predicted molar refractivity (Wildman–Crippen MR) is 125 cm³/mol. The Kier molecular flexibility index (Phi) is 6.62. The molecule has 1 unspecified atom stereocenters. The molecule has 0 saturated heterocycles. The molecule has 3 heteroatoms. The zero-order valence-corrected chi connectivity index (χ0v) is 19.7. The van der Waals surface area contributed by atoms with Gasteiger partial charge in [0.15, 0.2) is 5.78 Å². The van der Waals surface area contributed by atoms with Crippen molar-refractivity contribution in [2.45, 2.75) is 84.7 Å². The number of Topliss-reactive ketones (excluding diaryl/α,β-unsaturated/α-hetero) is 1. The van der Waals surface area contributed by atoms with Crippen LogP contribution in [-0.4, -0.2) is 23.6 Å². The van der Waals surface area contributed by atoms with Crippen LogP contribution >= 0.6 is 0 Å². The minimum atomic E-state index is -0.388. The van der Waals surface area contributed by atoms with Gasteiger partial charge in [-0.1, -0.05) is 38.2 Å². The zero-order valence-electron chi connectivity index (χ0n) is 19.7. The average Bonchev–Trinajstić information content (AvgIpc) is 3.51. The molecule has 170 valence electrons. The van der Waals surface area contributed by atoms with Gasteiger partial charge in [-0.05, 0) is 105 Å². The summed E-state index contributed by atoms with van der Waals surface area (Å²) in [4.78, 5) is 11.9. The van der Waals surface area contributed by atoms with E-state index in [4.69, 9.17) is 4.74 Å². The summed E-state index contributed by atoms with van der Waals surface area (Å²) >= 11 is 0. The first-order valence-corrected chi connectivity index (χ1v) is 12.4. The van der Waals surface area contributed by atoms with Crippen molar-refractivity contribution in [3.63, 3.8) is 0 Å². The largest absolute Gasteiger partial charge is 0.493 e. The van der Waals surface area contributed by atoms with Crippen molar-refractivity contribution in [1.29, 1.82) is 0 Å². The van der Waals surface area contributed by atoms with Crippen LogP contribution in [0.15, 0.2) is 47.3 Å². The van der Waals surface area contributed by atoms with Crippen molar-refractivity contribution in [3.05, 3.63) is 47.3 Å². The standard InChI is InChI=1S/C28H40O3/c1-18-14-23(20(3)26(29)15-18)10-7-21-6-5-13-28(4)24(11-12-25(21)28)19(2)16-31-17-27(30)22-8-9-22/h7,10,16,18,22,24-26,29H,3,5-6,8-9,11-15,17H2,1-2,4H3/b19-16+,21-7-,23-10+/t18-,24-,25?,26+,28-/m1/s1. The molecule has 0 aromatic carbocycles. The molecule has 0 spiro atoms. The maximum Gasteiger partial charge on any atom is 0.173 e. The van der Waals surface area contributed by atoms with Crippen molar-refractivity contribution >= 4 is 5.78 Å². The van der Waals surface area contributed by atoms with E-state index in [0.717, 1.165) is 31.3 Å². The quantitative estimate of drug-likeness (QED) is 0.509. The number of carbonyl (C=O) groups is 1. The van der Waals surface area contributed by atoms with Gasteiger partial charge >= 0.3 is 0 Å². The minimum absolute atomic E-state index is 0.238. The fraction of sp³-hybridized carbons (Fsp3) is 0.679. The second-order valence-electron chi connectivity index (χ2n) is 11.0. The third-order valence-electron chi connectivity index (χ3n) is 8.55. The van der Waals surface area contributed by atoms with E-state index in [1.807, 2.05) is 6.26 Å². The number of ether oxygens (including phenoxy) is 1. The van der Waals surface area contributed by atoms with Crippen LogP contribution in [0.2, 0.25) is 0 Å². The van der Waals surface area contributed by atoms with E-state index in [9.17, 15) is 9.90 Å². The van der Waals surface area contributed by atoms with Crippen molar-refractivity contribution in [2.75, 3.05) is 6.61 Å². The van der Waals surface area contributed by atoms with Gasteiger partial charge in [0.05, 0.1) is 12.4 Å². The van der Waals surface area contributed by atoms with Gasteiger partial charge < -0.3 is 9.84 Å². The number of carbonyl (C=O) groups excluding carboxylic acids is 1. The molecule has 4 saturated carbocycles. The van der Waals surface area contributed by atoms with Crippen molar-refractivity contribution in [1.82, 2.24) is 0 Å². The Morgan fingerprint density at radius 1 is 1.26 bits per heavy atom. The highest BCUT2D eigenvalue weighted by Crippen LogP contribution is 2.59. The molecule has 4 rings (SSSR count). The van der Waals surface area contributed by atoms with Gasteiger partial charge in [0.25, 0.3) is 0 Å². The first-order chi connectivity index (χ1) is 14.8. The molecule has 4 aliphatic carbocycles. The number of aliphatic hydroxyl groups excluding tert-OH is 1. The Hall–Kier alpha value is -1.61. The topological polar surface area (TPSA) is 46.5 Å². The van der Waals surface area contributed by atoms with Crippen molar-refractivity contribution in [3.8, 4) is 0 Å². The molecule has 3 nitrogen and oxygen atoms in total. The van der Waals surface area contributed by atoms with E-state index in [0.29, 0.717) is 17.8 Å². The van der Waals surface area contributed by atoms with Gasteiger partial charge in [0, 0.05) is 5.92 Å². The molecular formula is C28H40O3. The number of hydrogen-bond acceptors (Lipinski definition) is 3. The molecule has 0 aromatic heterocycles. The van der Waals surface area contributed by atoms with Crippen LogP contribution in [-0.2, 0) is 9.53 Å². The van der Waals surface area contributed by atoms with Crippen LogP contribution in [0.4, 0.5) is 0 Å². The van der Waals surface area contributed by atoms with E-state index in [1.54, 1.807) is 5.57 Å². The molecule has 4 fully saturated rings. The van der Waals surface area contributed by atoms with Gasteiger partial charge in [-0.25, -0.2) is 0 Å². The summed E-state index contributed by atoms with van der Waals surface area (Å²) in [5, 5.41) is 10.3. The molecule has 31 heavy (non-hydrogen) atoms. The Labute approximate surface area is 188 Å². The number of allylic oxidation sites excluding steroid dienone is 4. The molecule has 0 heterocycles. The van der Waals surface area contributed by atoms with Crippen LogP contribution in [0.1, 0.15) is 78.6 Å². The summed E-state index contributed by atoms with van der Waals surface area (Å²) in [6, 6.07) is 0. The van der Waals surface area contributed by atoms with Crippen LogP contribution in [0, 0.1) is 29.1 Å². The lowest BCUT2D eigenvalue weighted by Crippen LogP contribution is -2.33. The van der Waals surface area contributed by atoms with Crippen LogP contribution in [0.3, 0.4) is 0 Å². The van der Waals surface area contributed by atoms with E-state index < -0.39 is 0 Å². The van der Waals surface area contributed by atoms with E-state index in [1.165, 1.54) is 43.3 Å². The smallest absolute Gasteiger partial charge is 0.173 e. The molecule has 0 bridgehead atoms. The number of fused-ring (bicyclic) bond motifs is 1. The number of hydrogen-bond donors (Lipinski definition) is 1. The Bertz CT molecular complexity index is 812. The van der Waals surface area contributed by atoms with E-state index in [2.05, 4.69) is 39.5 Å². The predicted octanol–water partition coefficient (Wildman–Crippen LogP) is 6.30. The molecule has 1 N–H and O–H groups in total. The van der Waals surface area contributed by atoms with Crippen LogP contribution < -0.4 is 0 Å². The molecular weight excluding hydrogens is 384 g/mol. The first-order valence-electron chi connectivity index (χ1n) is 12.4. The fourth-order valence-electron chi connectivity index (χ4n) is 6.56. The minimum Gasteiger partial charge on any atom is -0.493 e. The second kappa shape index (κ2) is 9.10. The third kappa shape index (κ3) is 4.77. The van der Waals surface area contributed by atoms with Gasteiger partial charge in [-0.2, -0.15) is 0 Å². The fourth-order valence-corrected chi connectivity index (χ4v) is 6.56. The highest BCUT2D eigenvalue weighted by atomic mass is 16.5. The molecule has 5 atom stereocenters. The summed E-state index contributed by atoms with van der Waals surface area (Å²) in [5.74, 6) is 2.18. The normalized spacial score (nSPS) is 39.1. The number of rotatable bonds is 6. The first kappa shape index (κ1) is 22.6. The monoisotopic (exact) mass is 424 g/mol. The molecule has 4 aliphatic rings. The van der Waals surface area contributed by atoms with Gasteiger partial charge in [-0.15, -0.1) is 0 Å². The maximum absolute atomic E-state index is 11.9. The lowest BCUT2D eigenvalue weighted by Gasteiger charge is -2.42. The maximum atomic E-state index is 11.9. The van der Waals surface area contributed by atoms with E-state index in [-0.39, 0.29) is 29.8 Å². The lowest BCUT2D eigenvalue weighted by atomic mass is 9.62. The van der Waals surface area contributed by atoms with Crippen LogP contribution in [0.25, 0.3) is 0 Å². The van der Waals surface area contributed by atoms with Gasteiger partial charge in [-0.3, -0.25) is 4.79 Å². The molecule has 0 radical (unpaired) electrons. The summed E-state index contributed by atoms with van der Waals surface area (Å²) < 4.78 is 5.71. The second-order valence-corrected chi connectivity index (χ2v) is 11.0. The average molecular weight is 425 g/mol. The molecule has 0 aliphatic heterocycles. The Balaban J connectivity index is 1.45. The van der Waals surface area contributed by atoms with Crippen molar-refractivity contribution in [2.24, 2.45) is 29.1 Å². The third-order valence-corrected chi connectivity index (χ3v) is 8.55. The lowest BCUT2D eigenvalue weighted by molar-refractivity contribution is -0.123. The highest BCUT2D eigenvalue weighted by Gasteiger charge is 2.49. The molecule has 0 amide bonds. The van der Waals surface area contributed by atoms with Gasteiger partial charge in [0.1, 0.15) is 6.61 Å². The Morgan fingerprint density at radius 3 is 2.77 bits per heavy atom. The SMILES string of the molecule is C=C1/C(=C/C=C2/CCC[C@@]3(C)C2CC[C@@H]3/C(C)=C/OCC(=O)C2CC2)C[C@@H](C)C[C@@H]1O. The summed E-state index contributed by atoms with van der Waals surface area (Å²) in [7, 11) is 0. The van der Waals surface area contributed by atoms with Crippen molar-refractivity contribution < 1.29 is 14.6 Å². The van der Waals surface area contributed by atoms with Gasteiger partial charge in [0.2, 0.25) is 0 Å².